The van der Waals surface area contributed by atoms with Crippen LogP contribution >= 0.6 is 0 Å². The summed E-state index contributed by atoms with van der Waals surface area (Å²) in [6.45, 7) is 5.35. The van der Waals surface area contributed by atoms with Crippen LogP contribution in [0.4, 0.5) is 0 Å². The van der Waals surface area contributed by atoms with Crippen LogP contribution in [0, 0.1) is 17.3 Å². The predicted molar refractivity (Wildman–Crippen MR) is 111 cm³/mol. The number of hydrogen-bond acceptors (Lipinski definition) is 3. The lowest BCUT2D eigenvalue weighted by Crippen LogP contribution is -2.48. The van der Waals surface area contributed by atoms with Crippen LogP contribution in [0.15, 0.2) is 75.5 Å². The third kappa shape index (κ3) is 2.77. The lowest BCUT2D eigenvalue weighted by atomic mass is 9.49. The number of hydrogen-bond donors (Lipinski definition) is 0. The van der Waals surface area contributed by atoms with Crippen molar-refractivity contribution in [3.8, 4) is 16.9 Å². The Kier molecular flexibility index (Phi) is 3.94. The van der Waals surface area contributed by atoms with Gasteiger partial charge in [0.05, 0.1) is 0 Å². The van der Waals surface area contributed by atoms with E-state index in [1.807, 2.05) is 48.5 Å². The molecule has 1 heterocycles. The highest BCUT2D eigenvalue weighted by atomic mass is 16.5. The van der Waals surface area contributed by atoms with Crippen molar-refractivity contribution >= 4 is 11.0 Å². The number of allylic oxidation sites excluding steroid dienone is 1. The molecule has 28 heavy (non-hydrogen) atoms. The second-order valence-electron chi connectivity index (χ2n) is 8.61. The molecule has 0 aliphatic heterocycles. The zero-order valence-corrected chi connectivity index (χ0v) is 16.3. The van der Waals surface area contributed by atoms with E-state index in [4.69, 9.17) is 9.15 Å². The van der Waals surface area contributed by atoms with Gasteiger partial charge in [0.1, 0.15) is 17.9 Å². The quantitative estimate of drug-likeness (QED) is 0.427. The molecule has 3 aliphatic carbocycles. The molecule has 3 nitrogen and oxygen atoms in total. The predicted octanol–water partition coefficient (Wildman–Crippen LogP) is 5.83. The standard InChI is InChI=1S/C25H24O3/c1-25(2)18-9-8-17(22(25)12-18)15-27-19-10-11-20-21(16-6-4-3-5-7-16)14-24(26)28-23(20)13-19/h3-8,10-11,13-14,18,22H,9,12,15H2,1-2H3/t18-,22-/m1/s1. The summed E-state index contributed by atoms with van der Waals surface area (Å²) in [7, 11) is 0. The highest BCUT2D eigenvalue weighted by Gasteiger charge is 2.51. The fourth-order valence-electron chi connectivity index (χ4n) is 4.90. The molecule has 1 saturated carbocycles. The summed E-state index contributed by atoms with van der Waals surface area (Å²) < 4.78 is 11.6. The Hall–Kier alpha value is -2.81. The van der Waals surface area contributed by atoms with Gasteiger partial charge in [-0.25, -0.2) is 4.79 Å². The summed E-state index contributed by atoms with van der Waals surface area (Å²) in [5.41, 5.74) is 3.91. The van der Waals surface area contributed by atoms with Gasteiger partial charge in [0.15, 0.2) is 0 Å². The maximum Gasteiger partial charge on any atom is 0.336 e. The zero-order chi connectivity index (χ0) is 19.3. The summed E-state index contributed by atoms with van der Waals surface area (Å²) in [6, 6.07) is 17.2. The van der Waals surface area contributed by atoms with Crippen LogP contribution in [0.1, 0.15) is 26.7 Å². The van der Waals surface area contributed by atoms with E-state index in [9.17, 15) is 4.79 Å². The van der Waals surface area contributed by atoms with E-state index in [1.165, 1.54) is 12.0 Å². The fraction of sp³-hybridized carbons (Fsp3) is 0.320. The average Bonchev–Trinajstić information content (AvgIpc) is 2.72. The largest absolute Gasteiger partial charge is 0.489 e. The van der Waals surface area contributed by atoms with Crippen molar-refractivity contribution in [2.75, 3.05) is 6.61 Å². The van der Waals surface area contributed by atoms with Crippen molar-refractivity contribution in [1.29, 1.82) is 0 Å². The Labute approximate surface area is 164 Å². The minimum atomic E-state index is -0.347. The Morgan fingerprint density at radius 1 is 1.11 bits per heavy atom. The van der Waals surface area contributed by atoms with E-state index in [0.29, 0.717) is 23.5 Å². The van der Waals surface area contributed by atoms with Gasteiger partial charge in [-0.2, -0.15) is 0 Å². The van der Waals surface area contributed by atoms with Gasteiger partial charge in [-0.05, 0) is 58.9 Å². The molecule has 0 amide bonds. The highest BCUT2D eigenvalue weighted by Crippen LogP contribution is 2.59. The molecule has 1 aromatic heterocycles. The average molecular weight is 372 g/mol. The van der Waals surface area contributed by atoms with Gasteiger partial charge in [0.2, 0.25) is 0 Å². The van der Waals surface area contributed by atoms with E-state index in [-0.39, 0.29) is 5.63 Å². The van der Waals surface area contributed by atoms with Crippen molar-refractivity contribution < 1.29 is 9.15 Å². The van der Waals surface area contributed by atoms with E-state index >= 15 is 0 Å². The lowest BCUT2D eigenvalue weighted by molar-refractivity contribution is -0.0115. The SMILES string of the molecule is CC1(C)[C@@H]2CC=C(COc3ccc4c(-c5ccccc5)cc(=O)oc4c3)[C@H]1C2. The summed E-state index contributed by atoms with van der Waals surface area (Å²) in [4.78, 5) is 12.1. The molecule has 1 fully saturated rings. The molecule has 3 heteroatoms. The van der Waals surface area contributed by atoms with Gasteiger partial charge in [0, 0.05) is 17.5 Å². The van der Waals surface area contributed by atoms with Crippen molar-refractivity contribution in [3.05, 3.63) is 76.7 Å². The monoisotopic (exact) mass is 372 g/mol. The maximum absolute atomic E-state index is 12.1. The second-order valence-corrected chi connectivity index (χ2v) is 8.61. The molecule has 2 aromatic carbocycles. The van der Waals surface area contributed by atoms with Crippen LogP contribution in [-0.2, 0) is 0 Å². The zero-order valence-electron chi connectivity index (χ0n) is 16.3. The van der Waals surface area contributed by atoms with Gasteiger partial charge in [0.25, 0.3) is 0 Å². The number of rotatable bonds is 4. The minimum absolute atomic E-state index is 0.347. The van der Waals surface area contributed by atoms with E-state index in [2.05, 4.69) is 19.9 Å². The molecule has 142 valence electrons. The van der Waals surface area contributed by atoms with E-state index in [0.717, 1.165) is 34.6 Å². The Bertz CT molecular complexity index is 1120. The molecule has 0 radical (unpaired) electrons. The summed E-state index contributed by atoms with van der Waals surface area (Å²) >= 11 is 0. The smallest absolute Gasteiger partial charge is 0.336 e. The molecule has 0 unspecified atom stereocenters. The van der Waals surface area contributed by atoms with E-state index < -0.39 is 0 Å². The number of fused-ring (bicyclic) bond motifs is 2. The topological polar surface area (TPSA) is 39.4 Å². The molecule has 0 saturated heterocycles. The fourth-order valence-corrected chi connectivity index (χ4v) is 4.90. The Morgan fingerprint density at radius 2 is 1.93 bits per heavy atom. The van der Waals surface area contributed by atoms with Gasteiger partial charge in [-0.1, -0.05) is 50.3 Å². The first-order valence-corrected chi connectivity index (χ1v) is 9.97. The van der Waals surface area contributed by atoms with Gasteiger partial charge < -0.3 is 9.15 Å². The normalized spacial score (nSPS) is 22.4. The van der Waals surface area contributed by atoms with Crippen molar-refractivity contribution in [3.63, 3.8) is 0 Å². The van der Waals surface area contributed by atoms with Crippen molar-refractivity contribution in [1.82, 2.24) is 0 Å². The summed E-state index contributed by atoms with van der Waals surface area (Å²) in [6.07, 6.45) is 4.81. The molecule has 0 spiro atoms. The van der Waals surface area contributed by atoms with E-state index in [1.54, 1.807) is 6.07 Å². The first kappa shape index (κ1) is 17.3. The van der Waals surface area contributed by atoms with Crippen LogP contribution < -0.4 is 10.4 Å². The third-order valence-corrected chi connectivity index (χ3v) is 6.79. The van der Waals surface area contributed by atoms with Crippen LogP contribution in [0.5, 0.6) is 5.75 Å². The first-order valence-electron chi connectivity index (χ1n) is 9.97. The Balaban J connectivity index is 1.43. The molecular formula is C25H24O3. The molecule has 2 atom stereocenters. The van der Waals surface area contributed by atoms with Crippen LogP contribution in [0.3, 0.4) is 0 Å². The second kappa shape index (κ2) is 6.37. The molecule has 3 aliphatic rings. The van der Waals surface area contributed by atoms with Crippen molar-refractivity contribution in [2.45, 2.75) is 26.7 Å². The van der Waals surface area contributed by atoms with Crippen LogP contribution in [0.25, 0.3) is 22.1 Å². The van der Waals surface area contributed by atoms with Gasteiger partial charge >= 0.3 is 5.63 Å². The first-order chi connectivity index (χ1) is 13.5. The number of benzene rings is 2. The van der Waals surface area contributed by atoms with Gasteiger partial charge in [-0.15, -0.1) is 0 Å². The minimum Gasteiger partial charge on any atom is -0.489 e. The molecule has 6 rings (SSSR count). The molecule has 2 bridgehead atoms. The molecule has 0 N–H and O–H groups in total. The number of ether oxygens (including phenoxy) is 1. The summed E-state index contributed by atoms with van der Waals surface area (Å²) in [5, 5.41) is 0.915. The van der Waals surface area contributed by atoms with Crippen molar-refractivity contribution in [2.24, 2.45) is 17.3 Å². The van der Waals surface area contributed by atoms with Crippen LogP contribution in [-0.4, -0.2) is 6.61 Å². The third-order valence-electron chi connectivity index (χ3n) is 6.79. The Morgan fingerprint density at radius 3 is 2.68 bits per heavy atom. The molecular weight excluding hydrogens is 348 g/mol. The van der Waals surface area contributed by atoms with Crippen LogP contribution in [0.2, 0.25) is 0 Å². The van der Waals surface area contributed by atoms with Gasteiger partial charge in [-0.3, -0.25) is 0 Å². The lowest BCUT2D eigenvalue weighted by Gasteiger charge is -2.56. The highest BCUT2D eigenvalue weighted by molar-refractivity contribution is 5.93. The summed E-state index contributed by atoms with van der Waals surface area (Å²) in [5.74, 6) is 2.20. The maximum atomic E-state index is 12.1. The molecule has 3 aromatic rings.